The van der Waals surface area contributed by atoms with Crippen molar-refractivity contribution < 1.29 is 14.3 Å². The van der Waals surface area contributed by atoms with Crippen molar-refractivity contribution in [3.63, 3.8) is 0 Å². The number of nitrogens with zero attached hydrogens (tertiary/aromatic N) is 1. The predicted molar refractivity (Wildman–Crippen MR) is 112 cm³/mol. The number of H-pyrrole nitrogens is 1. The number of amides is 1. The molecule has 28 heavy (non-hydrogen) atoms. The van der Waals surface area contributed by atoms with Crippen molar-refractivity contribution in [3.05, 3.63) is 57.5 Å². The minimum absolute atomic E-state index is 0.125. The average molecular weight is 418 g/mol. The van der Waals surface area contributed by atoms with Gasteiger partial charge in [0.1, 0.15) is 22.4 Å². The molecule has 3 aromatic rings. The summed E-state index contributed by atoms with van der Waals surface area (Å²) in [5.41, 5.74) is 2.15. The standard InChI is InChI=1S/C19H19N3O4S2/c1-11-3-5-13(6-4-11)20-16(23)10-28-12(2)19(25)26-9-15-21-14-7-8-27-17(14)18(24)22-15/h3-8,12H,9-10H2,1-2H3,(H,20,23)(H,21,22,24)/t12-/m1/s1. The Labute approximate surface area is 169 Å². The van der Waals surface area contributed by atoms with Crippen molar-refractivity contribution in [3.8, 4) is 0 Å². The lowest BCUT2D eigenvalue weighted by molar-refractivity contribution is -0.144. The number of benzene rings is 1. The second-order valence-corrected chi connectivity index (χ2v) is 8.37. The van der Waals surface area contributed by atoms with Crippen LogP contribution in [0.1, 0.15) is 18.3 Å². The minimum atomic E-state index is -0.527. The van der Waals surface area contributed by atoms with Gasteiger partial charge < -0.3 is 15.0 Å². The first-order valence-corrected chi connectivity index (χ1v) is 10.5. The SMILES string of the molecule is Cc1ccc(NC(=O)CS[C@H](C)C(=O)OCc2nc3ccsc3c(=O)[nH]2)cc1. The molecular formula is C19H19N3O4S2. The number of aromatic amines is 1. The summed E-state index contributed by atoms with van der Waals surface area (Å²) >= 11 is 2.49. The quantitative estimate of drug-likeness (QED) is 0.573. The molecule has 2 aromatic heterocycles. The van der Waals surface area contributed by atoms with Crippen molar-refractivity contribution in [2.75, 3.05) is 11.1 Å². The highest BCUT2D eigenvalue weighted by molar-refractivity contribution is 8.01. The van der Waals surface area contributed by atoms with Crippen LogP contribution in [0.15, 0.2) is 40.5 Å². The molecule has 0 fully saturated rings. The molecule has 0 spiro atoms. The lowest BCUT2D eigenvalue weighted by Gasteiger charge is -2.11. The molecule has 146 valence electrons. The number of anilines is 1. The van der Waals surface area contributed by atoms with Gasteiger partial charge in [-0.1, -0.05) is 17.7 Å². The molecule has 1 atom stereocenters. The van der Waals surface area contributed by atoms with Crippen molar-refractivity contribution in [2.24, 2.45) is 0 Å². The Morgan fingerprint density at radius 1 is 1.29 bits per heavy atom. The van der Waals surface area contributed by atoms with E-state index >= 15 is 0 Å². The number of thioether (sulfide) groups is 1. The van der Waals surface area contributed by atoms with E-state index in [1.165, 1.54) is 23.1 Å². The van der Waals surface area contributed by atoms with Crippen molar-refractivity contribution >= 4 is 50.9 Å². The van der Waals surface area contributed by atoms with E-state index in [0.717, 1.165) is 5.56 Å². The van der Waals surface area contributed by atoms with Gasteiger partial charge in [0, 0.05) is 5.69 Å². The van der Waals surface area contributed by atoms with Gasteiger partial charge in [-0.25, -0.2) is 4.98 Å². The van der Waals surface area contributed by atoms with Crippen LogP contribution in [0, 0.1) is 6.92 Å². The third-order valence-corrected chi connectivity index (χ3v) is 5.87. The van der Waals surface area contributed by atoms with Crippen LogP contribution in [0.3, 0.4) is 0 Å². The molecule has 0 radical (unpaired) electrons. The number of esters is 1. The van der Waals surface area contributed by atoms with Gasteiger partial charge in [0.2, 0.25) is 5.91 Å². The number of nitrogens with one attached hydrogen (secondary N) is 2. The van der Waals surface area contributed by atoms with E-state index in [-0.39, 0.29) is 23.8 Å². The predicted octanol–water partition coefficient (Wildman–Crippen LogP) is 3.10. The van der Waals surface area contributed by atoms with Gasteiger partial charge in [-0.05, 0) is 37.4 Å². The van der Waals surface area contributed by atoms with E-state index in [0.29, 0.717) is 21.7 Å². The second kappa shape index (κ2) is 9.03. The summed E-state index contributed by atoms with van der Waals surface area (Å²) in [4.78, 5) is 42.9. The maximum Gasteiger partial charge on any atom is 0.319 e. The summed E-state index contributed by atoms with van der Waals surface area (Å²) < 4.78 is 5.75. The fourth-order valence-corrected chi connectivity index (χ4v) is 3.75. The topological polar surface area (TPSA) is 101 Å². The zero-order chi connectivity index (χ0) is 20.1. The highest BCUT2D eigenvalue weighted by atomic mass is 32.2. The van der Waals surface area contributed by atoms with Gasteiger partial charge in [-0.2, -0.15) is 0 Å². The number of hydrogen-bond donors (Lipinski definition) is 2. The summed E-state index contributed by atoms with van der Waals surface area (Å²) in [5, 5.41) is 4.03. The van der Waals surface area contributed by atoms with Crippen molar-refractivity contribution in [1.82, 2.24) is 9.97 Å². The van der Waals surface area contributed by atoms with Gasteiger partial charge in [0.25, 0.3) is 5.56 Å². The first-order chi connectivity index (χ1) is 13.4. The molecule has 0 aliphatic heterocycles. The maximum absolute atomic E-state index is 12.1. The molecule has 2 heterocycles. The van der Waals surface area contributed by atoms with Crippen molar-refractivity contribution in [1.29, 1.82) is 0 Å². The molecule has 9 heteroatoms. The number of thiophene rings is 1. The smallest absolute Gasteiger partial charge is 0.319 e. The molecular weight excluding hydrogens is 398 g/mol. The van der Waals surface area contributed by atoms with Gasteiger partial charge in [0.15, 0.2) is 0 Å². The number of rotatable bonds is 7. The van der Waals surface area contributed by atoms with E-state index in [4.69, 9.17) is 4.74 Å². The third kappa shape index (κ3) is 5.20. The Morgan fingerprint density at radius 3 is 2.79 bits per heavy atom. The molecule has 0 aliphatic carbocycles. The summed E-state index contributed by atoms with van der Waals surface area (Å²) in [5.74, 6) is -0.248. The Balaban J connectivity index is 1.46. The molecule has 7 nitrogen and oxygen atoms in total. The average Bonchev–Trinajstić information content (AvgIpc) is 3.15. The number of aromatic nitrogens is 2. The van der Waals surface area contributed by atoms with Crippen LogP contribution in [0.25, 0.3) is 10.2 Å². The summed E-state index contributed by atoms with van der Waals surface area (Å²) in [6.45, 7) is 3.52. The maximum atomic E-state index is 12.1. The second-order valence-electron chi connectivity index (χ2n) is 6.12. The Morgan fingerprint density at radius 2 is 2.04 bits per heavy atom. The summed E-state index contributed by atoms with van der Waals surface area (Å²) in [7, 11) is 0. The van der Waals surface area contributed by atoms with Gasteiger partial charge in [0.05, 0.1) is 11.3 Å². The molecule has 3 rings (SSSR count). The first-order valence-electron chi connectivity index (χ1n) is 8.53. The fraction of sp³-hybridized carbons (Fsp3) is 0.263. The van der Waals surface area contributed by atoms with Crippen molar-refractivity contribution in [2.45, 2.75) is 25.7 Å². The minimum Gasteiger partial charge on any atom is -0.457 e. The van der Waals surface area contributed by atoms with Gasteiger partial charge >= 0.3 is 5.97 Å². The number of aryl methyl sites for hydroxylation is 1. The largest absolute Gasteiger partial charge is 0.457 e. The lowest BCUT2D eigenvalue weighted by atomic mass is 10.2. The molecule has 0 saturated heterocycles. The van der Waals surface area contributed by atoms with Crippen LogP contribution >= 0.6 is 23.1 Å². The number of ether oxygens (including phenoxy) is 1. The van der Waals surface area contributed by atoms with Crippen LogP contribution in [-0.4, -0.2) is 32.8 Å². The molecule has 0 saturated carbocycles. The van der Waals surface area contributed by atoms with Crippen LogP contribution < -0.4 is 10.9 Å². The Hall–Kier alpha value is -2.65. The molecule has 2 N–H and O–H groups in total. The number of hydrogen-bond acceptors (Lipinski definition) is 7. The molecule has 0 aliphatic rings. The number of carbonyl (C=O) groups excluding carboxylic acids is 2. The fourth-order valence-electron chi connectivity index (χ4n) is 2.35. The van der Waals surface area contributed by atoms with Crippen LogP contribution in [0.2, 0.25) is 0 Å². The van der Waals surface area contributed by atoms with E-state index in [9.17, 15) is 14.4 Å². The monoisotopic (exact) mass is 417 g/mol. The zero-order valence-electron chi connectivity index (χ0n) is 15.4. The molecule has 1 aromatic carbocycles. The first kappa shape index (κ1) is 20.1. The lowest BCUT2D eigenvalue weighted by Crippen LogP contribution is -2.22. The van der Waals surface area contributed by atoms with E-state index in [1.807, 2.05) is 31.2 Å². The number of carbonyl (C=O) groups is 2. The van der Waals surface area contributed by atoms with Gasteiger partial charge in [-0.15, -0.1) is 23.1 Å². The zero-order valence-corrected chi connectivity index (χ0v) is 17.0. The van der Waals surface area contributed by atoms with Gasteiger partial charge in [-0.3, -0.25) is 14.4 Å². The number of fused-ring (bicyclic) bond motifs is 1. The summed E-state index contributed by atoms with van der Waals surface area (Å²) in [6, 6.07) is 9.22. The molecule has 0 bridgehead atoms. The molecule has 1 amide bonds. The van der Waals surface area contributed by atoms with E-state index in [1.54, 1.807) is 18.4 Å². The van der Waals surface area contributed by atoms with Crippen LogP contribution in [0.5, 0.6) is 0 Å². The third-order valence-electron chi connectivity index (χ3n) is 3.85. The highest BCUT2D eigenvalue weighted by Gasteiger charge is 2.17. The normalized spacial score (nSPS) is 11.9. The Kier molecular flexibility index (Phi) is 6.48. The summed E-state index contributed by atoms with van der Waals surface area (Å²) in [6.07, 6.45) is 0. The van der Waals surface area contributed by atoms with Crippen LogP contribution in [0.4, 0.5) is 5.69 Å². The van der Waals surface area contributed by atoms with E-state index < -0.39 is 11.2 Å². The Bertz CT molecular complexity index is 1040. The van der Waals surface area contributed by atoms with Crippen LogP contribution in [-0.2, 0) is 20.9 Å². The molecule has 0 unspecified atom stereocenters. The highest BCUT2D eigenvalue weighted by Crippen LogP contribution is 2.16. The van der Waals surface area contributed by atoms with E-state index in [2.05, 4.69) is 15.3 Å².